The molecule has 23 heavy (non-hydrogen) atoms. The molecule has 1 aliphatic heterocycles. The Balaban J connectivity index is 1.69. The molecule has 0 fully saturated rings. The van der Waals surface area contributed by atoms with Gasteiger partial charge in [-0.25, -0.2) is 9.97 Å². The van der Waals surface area contributed by atoms with Gasteiger partial charge in [-0.15, -0.1) is 11.3 Å². The molecule has 116 valence electrons. The predicted molar refractivity (Wildman–Crippen MR) is 92.9 cm³/mol. The van der Waals surface area contributed by atoms with Crippen molar-refractivity contribution >= 4 is 39.0 Å². The first-order valence-corrected chi connectivity index (χ1v) is 8.42. The van der Waals surface area contributed by atoms with Crippen LogP contribution >= 0.6 is 11.3 Å². The summed E-state index contributed by atoms with van der Waals surface area (Å²) < 4.78 is 1.13. The van der Waals surface area contributed by atoms with Gasteiger partial charge in [-0.1, -0.05) is 12.1 Å². The smallest absolute Gasteiger partial charge is 0.221 e. The highest BCUT2D eigenvalue weighted by Crippen LogP contribution is 2.33. The summed E-state index contributed by atoms with van der Waals surface area (Å²) in [4.78, 5) is 22.5. The van der Waals surface area contributed by atoms with E-state index in [4.69, 9.17) is 0 Å². The van der Waals surface area contributed by atoms with E-state index >= 15 is 0 Å². The van der Waals surface area contributed by atoms with Gasteiger partial charge in [0, 0.05) is 25.7 Å². The number of anilines is 2. The van der Waals surface area contributed by atoms with Crippen LogP contribution in [-0.4, -0.2) is 22.4 Å². The number of rotatable bonds is 2. The number of fused-ring (bicyclic) bond motifs is 2. The van der Waals surface area contributed by atoms with Gasteiger partial charge in [0.1, 0.15) is 12.1 Å². The van der Waals surface area contributed by atoms with Crippen LogP contribution in [0.1, 0.15) is 18.1 Å². The van der Waals surface area contributed by atoms with E-state index in [1.807, 2.05) is 18.2 Å². The van der Waals surface area contributed by atoms with Gasteiger partial charge in [0.25, 0.3) is 0 Å². The number of carbonyl (C=O) groups is 1. The summed E-state index contributed by atoms with van der Waals surface area (Å²) in [6.45, 7) is 3.23. The maximum atomic E-state index is 11.4. The molecule has 0 aliphatic carbocycles. The maximum Gasteiger partial charge on any atom is 0.221 e. The molecular weight excluding hydrogens is 308 g/mol. The zero-order valence-corrected chi connectivity index (χ0v) is 13.6. The number of nitrogens with zero attached hydrogens (tertiary/aromatic N) is 3. The Hall–Kier alpha value is -2.47. The molecule has 3 heterocycles. The second-order valence-corrected chi connectivity index (χ2v) is 6.54. The lowest BCUT2D eigenvalue weighted by Crippen LogP contribution is -2.31. The Morgan fingerprint density at radius 3 is 3.09 bits per heavy atom. The van der Waals surface area contributed by atoms with E-state index in [1.165, 1.54) is 11.1 Å². The molecule has 1 aromatic carbocycles. The Morgan fingerprint density at radius 2 is 2.22 bits per heavy atom. The van der Waals surface area contributed by atoms with Crippen molar-refractivity contribution in [3.63, 3.8) is 0 Å². The molecule has 5 nitrogen and oxygen atoms in total. The molecule has 0 radical (unpaired) electrons. The van der Waals surface area contributed by atoms with Crippen molar-refractivity contribution in [1.82, 2.24) is 9.97 Å². The molecule has 4 rings (SSSR count). The zero-order chi connectivity index (χ0) is 15.8. The van der Waals surface area contributed by atoms with Crippen LogP contribution in [0.5, 0.6) is 0 Å². The van der Waals surface area contributed by atoms with Gasteiger partial charge in [0.05, 0.1) is 10.2 Å². The van der Waals surface area contributed by atoms with Gasteiger partial charge < -0.3 is 10.2 Å². The molecule has 2 aromatic heterocycles. The van der Waals surface area contributed by atoms with E-state index in [0.717, 1.165) is 41.2 Å². The molecule has 0 spiro atoms. The fraction of sp³-hybridized carbons (Fsp3) is 0.235. The van der Waals surface area contributed by atoms with Crippen molar-refractivity contribution in [2.45, 2.75) is 19.9 Å². The summed E-state index contributed by atoms with van der Waals surface area (Å²) in [7, 11) is 0. The molecule has 1 N–H and O–H groups in total. The average Bonchev–Trinajstić information content (AvgIpc) is 3.02. The Labute approximate surface area is 138 Å². The minimum absolute atomic E-state index is 0.0306. The highest BCUT2D eigenvalue weighted by molar-refractivity contribution is 7.17. The van der Waals surface area contributed by atoms with Gasteiger partial charge in [-0.05, 0) is 35.1 Å². The van der Waals surface area contributed by atoms with Crippen molar-refractivity contribution in [2.75, 3.05) is 16.8 Å². The van der Waals surface area contributed by atoms with Crippen molar-refractivity contribution in [1.29, 1.82) is 0 Å². The lowest BCUT2D eigenvalue weighted by atomic mass is 9.97. The van der Waals surface area contributed by atoms with Gasteiger partial charge in [0.15, 0.2) is 0 Å². The molecule has 1 amide bonds. The number of amides is 1. The molecule has 0 atom stereocenters. The third-order valence-corrected chi connectivity index (χ3v) is 5.00. The molecule has 0 saturated carbocycles. The number of thiophene rings is 1. The van der Waals surface area contributed by atoms with E-state index in [0.29, 0.717) is 0 Å². The monoisotopic (exact) mass is 324 g/mol. The summed E-state index contributed by atoms with van der Waals surface area (Å²) in [6.07, 6.45) is 2.52. The molecular formula is C17H16N4OS. The lowest BCUT2D eigenvalue weighted by molar-refractivity contribution is -0.114. The van der Waals surface area contributed by atoms with Crippen LogP contribution in [0, 0.1) is 0 Å². The summed E-state index contributed by atoms with van der Waals surface area (Å²) in [5.41, 5.74) is 4.40. The lowest BCUT2D eigenvalue weighted by Gasteiger charge is -2.31. The Bertz CT molecular complexity index is 889. The minimum Gasteiger partial charge on any atom is -0.351 e. The molecule has 0 saturated heterocycles. The van der Waals surface area contributed by atoms with Gasteiger partial charge in [-0.3, -0.25) is 4.79 Å². The standard InChI is InChI=1S/C17H16N4OS/c1-11(22)20-14-4-2-3-12-9-21(7-5-13(12)14)17-16-15(6-8-23-16)18-10-19-17/h2-4,6,8,10H,5,7,9H2,1H3,(H,20,22). The van der Waals surface area contributed by atoms with Gasteiger partial charge in [0.2, 0.25) is 5.91 Å². The van der Waals surface area contributed by atoms with E-state index in [1.54, 1.807) is 24.6 Å². The summed E-state index contributed by atoms with van der Waals surface area (Å²) in [5, 5.41) is 4.98. The average molecular weight is 324 g/mol. The van der Waals surface area contributed by atoms with Crippen molar-refractivity contribution in [2.24, 2.45) is 0 Å². The Morgan fingerprint density at radius 1 is 1.30 bits per heavy atom. The first-order valence-electron chi connectivity index (χ1n) is 7.54. The molecule has 3 aromatic rings. The minimum atomic E-state index is -0.0306. The van der Waals surface area contributed by atoms with E-state index in [9.17, 15) is 4.79 Å². The highest BCUT2D eigenvalue weighted by atomic mass is 32.1. The number of hydrogen-bond acceptors (Lipinski definition) is 5. The van der Waals surface area contributed by atoms with E-state index < -0.39 is 0 Å². The topological polar surface area (TPSA) is 58.1 Å². The van der Waals surface area contributed by atoms with Crippen LogP contribution in [0.3, 0.4) is 0 Å². The van der Waals surface area contributed by atoms with Crippen LogP contribution < -0.4 is 10.2 Å². The van der Waals surface area contributed by atoms with Crippen LogP contribution in [0.15, 0.2) is 36.0 Å². The van der Waals surface area contributed by atoms with Crippen LogP contribution in [0.4, 0.5) is 11.5 Å². The zero-order valence-electron chi connectivity index (χ0n) is 12.7. The van der Waals surface area contributed by atoms with Crippen LogP contribution in [-0.2, 0) is 17.8 Å². The SMILES string of the molecule is CC(=O)Nc1cccc2c1CCN(c1ncnc3ccsc13)C2. The molecule has 0 bridgehead atoms. The number of benzene rings is 1. The molecule has 0 unspecified atom stereocenters. The highest BCUT2D eigenvalue weighted by Gasteiger charge is 2.22. The largest absolute Gasteiger partial charge is 0.351 e. The maximum absolute atomic E-state index is 11.4. The van der Waals surface area contributed by atoms with Crippen molar-refractivity contribution in [3.8, 4) is 0 Å². The number of hydrogen-bond donors (Lipinski definition) is 1. The number of aromatic nitrogens is 2. The van der Waals surface area contributed by atoms with Crippen molar-refractivity contribution < 1.29 is 4.79 Å². The van der Waals surface area contributed by atoms with Gasteiger partial charge >= 0.3 is 0 Å². The summed E-state index contributed by atoms with van der Waals surface area (Å²) in [6, 6.07) is 8.12. The third-order valence-electron chi connectivity index (χ3n) is 4.10. The van der Waals surface area contributed by atoms with E-state index in [2.05, 4.69) is 31.6 Å². The number of nitrogens with one attached hydrogen (secondary N) is 1. The molecule has 1 aliphatic rings. The second-order valence-electron chi connectivity index (χ2n) is 5.63. The van der Waals surface area contributed by atoms with Crippen LogP contribution in [0.25, 0.3) is 10.2 Å². The Kier molecular flexibility index (Phi) is 3.46. The van der Waals surface area contributed by atoms with Gasteiger partial charge in [-0.2, -0.15) is 0 Å². The molecule has 6 heteroatoms. The first-order chi connectivity index (χ1) is 11.2. The summed E-state index contributed by atoms with van der Waals surface area (Å²) >= 11 is 1.68. The third kappa shape index (κ3) is 2.55. The van der Waals surface area contributed by atoms with Crippen molar-refractivity contribution in [3.05, 3.63) is 47.1 Å². The fourth-order valence-electron chi connectivity index (χ4n) is 3.10. The quantitative estimate of drug-likeness (QED) is 0.786. The first kappa shape index (κ1) is 14.1. The normalized spacial score (nSPS) is 13.9. The number of carbonyl (C=O) groups excluding carboxylic acids is 1. The van der Waals surface area contributed by atoms with Crippen LogP contribution in [0.2, 0.25) is 0 Å². The summed E-state index contributed by atoms with van der Waals surface area (Å²) in [5.74, 6) is 0.970. The predicted octanol–water partition coefficient (Wildman–Crippen LogP) is 3.21. The second kappa shape index (κ2) is 5.62. The van der Waals surface area contributed by atoms with E-state index in [-0.39, 0.29) is 5.91 Å². The fourth-order valence-corrected chi connectivity index (χ4v) is 3.96.